The first-order valence-electron chi connectivity index (χ1n) is 8.08. The lowest BCUT2D eigenvalue weighted by atomic mass is 10.0. The fourth-order valence-corrected chi connectivity index (χ4v) is 2.34. The first-order valence-corrected chi connectivity index (χ1v) is 8.08. The van der Waals surface area contributed by atoms with Crippen molar-refractivity contribution in [3.63, 3.8) is 0 Å². The van der Waals surface area contributed by atoms with Gasteiger partial charge in [-0.3, -0.25) is 0 Å². The number of anilines is 3. The van der Waals surface area contributed by atoms with Crippen LogP contribution in [0.1, 0.15) is 38.8 Å². The van der Waals surface area contributed by atoms with E-state index < -0.39 is 0 Å². The SMILES string of the molecule is CCc1cccc(CC)c1Nc1ccnc(NCC(C)C)n1. The second-order valence-electron chi connectivity index (χ2n) is 5.82. The minimum atomic E-state index is 0.563. The van der Waals surface area contributed by atoms with E-state index in [4.69, 9.17) is 0 Å². The van der Waals surface area contributed by atoms with Crippen LogP contribution in [0.3, 0.4) is 0 Å². The van der Waals surface area contributed by atoms with Crippen LogP contribution in [0.4, 0.5) is 17.5 Å². The van der Waals surface area contributed by atoms with Crippen molar-refractivity contribution in [3.05, 3.63) is 41.6 Å². The highest BCUT2D eigenvalue weighted by atomic mass is 15.1. The molecule has 0 saturated carbocycles. The largest absolute Gasteiger partial charge is 0.354 e. The van der Waals surface area contributed by atoms with Crippen molar-refractivity contribution in [1.29, 1.82) is 0 Å². The number of nitrogens with zero attached hydrogens (tertiary/aromatic N) is 2. The van der Waals surface area contributed by atoms with Gasteiger partial charge in [0.05, 0.1) is 0 Å². The van der Waals surface area contributed by atoms with Crippen LogP contribution in [0, 0.1) is 5.92 Å². The summed E-state index contributed by atoms with van der Waals surface area (Å²) in [4.78, 5) is 8.83. The molecule has 0 fully saturated rings. The summed E-state index contributed by atoms with van der Waals surface area (Å²) in [5.74, 6) is 2.07. The van der Waals surface area contributed by atoms with E-state index in [2.05, 4.69) is 66.5 Å². The van der Waals surface area contributed by atoms with Gasteiger partial charge in [0.15, 0.2) is 0 Å². The fourth-order valence-electron chi connectivity index (χ4n) is 2.34. The van der Waals surface area contributed by atoms with Crippen molar-refractivity contribution in [3.8, 4) is 0 Å². The number of aryl methyl sites for hydroxylation is 2. The third-order valence-corrected chi connectivity index (χ3v) is 3.58. The van der Waals surface area contributed by atoms with Crippen LogP contribution in [0.25, 0.3) is 0 Å². The fraction of sp³-hybridized carbons (Fsp3) is 0.444. The number of aromatic nitrogens is 2. The Labute approximate surface area is 133 Å². The van der Waals surface area contributed by atoms with Gasteiger partial charge in [-0.1, -0.05) is 45.9 Å². The van der Waals surface area contributed by atoms with Gasteiger partial charge < -0.3 is 10.6 Å². The molecule has 0 spiro atoms. The number of nitrogens with one attached hydrogen (secondary N) is 2. The third-order valence-electron chi connectivity index (χ3n) is 3.58. The standard InChI is InChI=1S/C18H26N4/c1-5-14-8-7-9-15(6-2)17(14)21-16-10-11-19-18(22-16)20-12-13(3)4/h7-11,13H,5-6,12H2,1-4H3,(H2,19,20,21,22). The predicted octanol–water partition coefficient (Wildman–Crippen LogP) is 4.41. The molecule has 2 N–H and O–H groups in total. The van der Waals surface area contributed by atoms with Crippen LogP contribution < -0.4 is 10.6 Å². The van der Waals surface area contributed by atoms with Crippen molar-refractivity contribution in [2.45, 2.75) is 40.5 Å². The molecule has 118 valence electrons. The molecule has 4 heteroatoms. The molecule has 1 heterocycles. The van der Waals surface area contributed by atoms with Crippen molar-refractivity contribution < 1.29 is 0 Å². The summed E-state index contributed by atoms with van der Waals surface area (Å²) in [5.41, 5.74) is 3.81. The average Bonchev–Trinajstić information content (AvgIpc) is 2.53. The summed E-state index contributed by atoms with van der Waals surface area (Å²) in [6, 6.07) is 8.37. The Morgan fingerprint density at radius 3 is 2.32 bits per heavy atom. The smallest absolute Gasteiger partial charge is 0.224 e. The van der Waals surface area contributed by atoms with Crippen LogP contribution in [0.2, 0.25) is 0 Å². The zero-order valence-electron chi connectivity index (χ0n) is 14.0. The van der Waals surface area contributed by atoms with Gasteiger partial charge in [0, 0.05) is 18.4 Å². The molecule has 0 aliphatic heterocycles. The molecule has 0 amide bonds. The molecule has 0 unspecified atom stereocenters. The molecule has 4 nitrogen and oxygen atoms in total. The highest BCUT2D eigenvalue weighted by Gasteiger charge is 2.08. The number of rotatable bonds is 7. The Morgan fingerprint density at radius 2 is 1.73 bits per heavy atom. The van der Waals surface area contributed by atoms with Crippen molar-refractivity contribution in [2.24, 2.45) is 5.92 Å². The highest BCUT2D eigenvalue weighted by Crippen LogP contribution is 2.25. The van der Waals surface area contributed by atoms with Crippen LogP contribution >= 0.6 is 0 Å². The molecule has 0 atom stereocenters. The van der Waals surface area contributed by atoms with Gasteiger partial charge in [-0.25, -0.2) is 4.98 Å². The molecule has 1 aromatic heterocycles. The van der Waals surface area contributed by atoms with Crippen LogP contribution in [0.5, 0.6) is 0 Å². The maximum absolute atomic E-state index is 4.56. The maximum Gasteiger partial charge on any atom is 0.224 e. The first kappa shape index (κ1) is 16.3. The van der Waals surface area contributed by atoms with Gasteiger partial charge in [0.25, 0.3) is 0 Å². The minimum absolute atomic E-state index is 0.563. The average molecular weight is 298 g/mol. The van der Waals surface area contributed by atoms with Crippen molar-refractivity contribution in [1.82, 2.24) is 9.97 Å². The Balaban J connectivity index is 2.22. The molecule has 0 aliphatic carbocycles. The topological polar surface area (TPSA) is 49.8 Å². The van der Waals surface area contributed by atoms with Gasteiger partial charge in [-0.15, -0.1) is 0 Å². The van der Waals surface area contributed by atoms with Gasteiger partial charge in [0.2, 0.25) is 5.95 Å². The first-order chi connectivity index (χ1) is 10.6. The van der Waals surface area contributed by atoms with Crippen LogP contribution in [0.15, 0.2) is 30.5 Å². The molecule has 0 aliphatic rings. The lowest BCUT2D eigenvalue weighted by molar-refractivity contribution is 0.684. The van der Waals surface area contributed by atoms with E-state index in [9.17, 15) is 0 Å². The quantitative estimate of drug-likeness (QED) is 0.795. The van der Waals surface area contributed by atoms with Crippen LogP contribution in [-0.2, 0) is 12.8 Å². The number of hydrogen-bond donors (Lipinski definition) is 2. The zero-order chi connectivity index (χ0) is 15.9. The van der Waals surface area contributed by atoms with E-state index >= 15 is 0 Å². The molecule has 0 radical (unpaired) electrons. The van der Waals surface area contributed by atoms with E-state index in [0.717, 1.165) is 25.2 Å². The van der Waals surface area contributed by atoms with E-state index in [1.807, 2.05) is 6.07 Å². The Bertz CT molecular complexity index is 586. The molecular formula is C18H26N4. The van der Waals surface area contributed by atoms with Crippen molar-refractivity contribution >= 4 is 17.5 Å². The summed E-state index contributed by atoms with van der Waals surface area (Å²) in [6.07, 6.45) is 3.79. The normalized spacial score (nSPS) is 10.8. The molecule has 2 aromatic rings. The summed E-state index contributed by atoms with van der Waals surface area (Å²) >= 11 is 0. The van der Waals surface area contributed by atoms with Gasteiger partial charge in [0.1, 0.15) is 5.82 Å². The van der Waals surface area contributed by atoms with Gasteiger partial charge in [-0.2, -0.15) is 4.98 Å². The maximum atomic E-state index is 4.56. The lowest BCUT2D eigenvalue weighted by Gasteiger charge is -2.15. The second kappa shape index (κ2) is 7.78. The Morgan fingerprint density at radius 1 is 1.05 bits per heavy atom. The summed E-state index contributed by atoms with van der Waals surface area (Å²) < 4.78 is 0. The zero-order valence-corrected chi connectivity index (χ0v) is 14.0. The summed E-state index contributed by atoms with van der Waals surface area (Å²) in [6.45, 7) is 9.56. The third kappa shape index (κ3) is 4.20. The number of para-hydroxylation sites is 1. The predicted molar refractivity (Wildman–Crippen MR) is 93.8 cm³/mol. The summed E-state index contributed by atoms with van der Waals surface area (Å²) in [5, 5.41) is 6.75. The van der Waals surface area contributed by atoms with Crippen LogP contribution in [-0.4, -0.2) is 16.5 Å². The number of benzene rings is 1. The summed E-state index contributed by atoms with van der Waals surface area (Å²) in [7, 11) is 0. The van der Waals surface area contributed by atoms with E-state index in [0.29, 0.717) is 11.9 Å². The molecule has 22 heavy (non-hydrogen) atoms. The van der Waals surface area contributed by atoms with E-state index in [1.165, 1.54) is 16.8 Å². The molecule has 2 rings (SSSR count). The Kier molecular flexibility index (Phi) is 5.75. The van der Waals surface area contributed by atoms with Gasteiger partial charge >= 0.3 is 0 Å². The second-order valence-corrected chi connectivity index (χ2v) is 5.82. The monoisotopic (exact) mass is 298 g/mol. The molecular weight excluding hydrogens is 272 g/mol. The highest BCUT2D eigenvalue weighted by molar-refractivity contribution is 5.65. The molecule has 0 saturated heterocycles. The Hall–Kier alpha value is -2.10. The van der Waals surface area contributed by atoms with E-state index in [1.54, 1.807) is 6.20 Å². The number of hydrogen-bond acceptors (Lipinski definition) is 4. The van der Waals surface area contributed by atoms with Gasteiger partial charge in [-0.05, 0) is 36.0 Å². The molecule has 0 bridgehead atoms. The lowest BCUT2D eigenvalue weighted by Crippen LogP contribution is -2.11. The minimum Gasteiger partial charge on any atom is -0.354 e. The van der Waals surface area contributed by atoms with Crippen molar-refractivity contribution in [2.75, 3.05) is 17.2 Å². The van der Waals surface area contributed by atoms with E-state index in [-0.39, 0.29) is 0 Å². The molecule has 1 aromatic carbocycles.